The fourth-order valence-corrected chi connectivity index (χ4v) is 3.16. The number of methoxy groups -OCH3 is 1. The first-order valence-electron chi connectivity index (χ1n) is 9.02. The number of carbonyl (C=O) groups excluding carboxylic acids is 1. The fraction of sp³-hybridized carbons (Fsp3) is 0.250. The van der Waals surface area contributed by atoms with Crippen LogP contribution in [0.3, 0.4) is 0 Å². The molecular formula is C20H20N6O2. The van der Waals surface area contributed by atoms with Crippen LogP contribution in [0.2, 0.25) is 0 Å². The van der Waals surface area contributed by atoms with Gasteiger partial charge in [0, 0.05) is 43.9 Å². The van der Waals surface area contributed by atoms with Gasteiger partial charge in [0.2, 0.25) is 5.88 Å². The van der Waals surface area contributed by atoms with Crippen molar-refractivity contribution < 1.29 is 9.53 Å². The Labute approximate surface area is 162 Å². The molecule has 3 aromatic rings. The normalized spacial score (nSPS) is 14.0. The molecule has 0 saturated carbocycles. The van der Waals surface area contributed by atoms with Crippen LogP contribution in [0.25, 0.3) is 11.3 Å². The summed E-state index contributed by atoms with van der Waals surface area (Å²) >= 11 is 0. The van der Waals surface area contributed by atoms with Crippen LogP contribution in [-0.4, -0.2) is 64.0 Å². The van der Waals surface area contributed by atoms with E-state index in [1.807, 2.05) is 36.4 Å². The minimum atomic E-state index is -0.118. The lowest BCUT2D eigenvalue weighted by molar-refractivity contribution is 0.0740. The van der Waals surface area contributed by atoms with E-state index in [4.69, 9.17) is 4.74 Å². The quantitative estimate of drug-likeness (QED) is 0.688. The minimum Gasteiger partial charge on any atom is -0.481 e. The summed E-state index contributed by atoms with van der Waals surface area (Å²) in [6.45, 7) is 2.57. The molecule has 142 valence electrons. The van der Waals surface area contributed by atoms with Gasteiger partial charge >= 0.3 is 0 Å². The molecule has 4 rings (SSSR count). The molecule has 1 fully saturated rings. The van der Waals surface area contributed by atoms with Gasteiger partial charge in [-0.1, -0.05) is 30.3 Å². The van der Waals surface area contributed by atoms with Crippen molar-refractivity contribution in [1.82, 2.24) is 24.8 Å². The predicted octanol–water partition coefficient (Wildman–Crippen LogP) is 1.90. The molecule has 0 unspecified atom stereocenters. The Morgan fingerprint density at radius 1 is 0.929 bits per heavy atom. The minimum absolute atomic E-state index is 0.118. The maximum atomic E-state index is 12.7. The predicted molar refractivity (Wildman–Crippen MR) is 104 cm³/mol. The molecular weight excluding hydrogens is 356 g/mol. The second kappa shape index (κ2) is 7.99. The highest BCUT2D eigenvalue weighted by Gasteiger charge is 2.24. The Balaban J connectivity index is 1.43. The number of hydrogen-bond donors (Lipinski definition) is 0. The van der Waals surface area contributed by atoms with Gasteiger partial charge in [-0.25, -0.2) is 19.9 Å². The van der Waals surface area contributed by atoms with E-state index in [-0.39, 0.29) is 5.91 Å². The van der Waals surface area contributed by atoms with E-state index in [2.05, 4.69) is 24.8 Å². The molecule has 1 saturated heterocycles. The van der Waals surface area contributed by atoms with Crippen LogP contribution >= 0.6 is 0 Å². The zero-order valence-electron chi connectivity index (χ0n) is 15.5. The topological polar surface area (TPSA) is 84.3 Å². The van der Waals surface area contributed by atoms with Crippen LogP contribution in [-0.2, 0) is 0 Å². The lowest BCUT2D eigenvalue weighted by atomic mass is 10.1. The molecule has 0 aliphatic carbocycles. The SMILES string of the molecule is COc1cc(C(=O)N2CCN(c3cc(-c4ccccc4)ncn3)CC2)ncn1. The third kappa shape index (κ3) is 3.75. The van der Waals surface area contributed by atoms with E-state index in [1.165, 1.54) is 13.4 Å². The summed E-state index contributed by atoms with van der Waals surface area (Å²) in [6.07, 6.45) is 2.93. The number of anilines is 1. The number of ether oxygens (including phenoxy) is 1. The summed E-state index contributed by atoms with van der Waals surface area (Å²) in [7, 11) is 1.51. The van der Waals surface area contributed by atoms with Gasteiger partial charge in [0.15, 0.2) is 0 Å². The van der Waals surface area contributed by atoms with E-state index < -0.39 is 0 Å². The fourth-order valence-electron chi connectivity index (χ4n) is 3.16. The van der Waals surface area contributed by atoms with Crippen LogP contribution in [0.1, 0.15) is 10.5 Å². The van der Waals surface area contributed by atoms with E-state index in [0.717, 1.165) is 17.1 Å². The zero-order valence-corrected chi connectivity index (χ0v) is 15.5. The molecule has 0 spiro atoms. The molecule has 0 atom stereocenters. The van der Waals surface area contributed by atoms with Crippen LogP contribution in [0.15, 0.2) is 55.1 Å². The largest absolute Gasteiger partial charge is 0.481 e. The summed E-state index contributed by atoms with van der Waals surface area (Å²) in [4.78, 5) is 33.4. The first-order chi connectivity index (χ1) is 13.7. The van der Waals surface area contributed by atoms with Crippen molar-refractivity contribution in [3.63, 3.8) is 0 Å². The van der Waals surface area contributed by atoms with Crippen molar-refractivity contribution in [1.29, 1.82) is 0 Å². The Hall–Kier alpha value is -3.55. The van der Waals surface area contributed by atoms with Gasteiger partial charge in [0.1, 0.15) is 24.2 Å². The van der Waals surface area contributed by atoms with Gasteiger partial charge in [-0.15, -0.1) is 0 Å². The highest BCUT2D eigenvalue weighted by Crippen LogP contribution is 2.21. The van der Waals surface area contributed by atoms with E-state index >= 15 is 0 Å². The van der Waals surface area contributed by atoms with E-state index in [1.54, 1.807) is 17.3 Å². The van der Waals surface area contributed by atoms with Crippen LogP contribution in [0.4, 0.5) is 5.82 Å². The third-order valence-electron chi connectivity index (χ3n) is 4.68. The second-order valence-electron chi connectivity index (χ2n) is 6.35. The van der Waals surface area contributed by atoms with Gasteiger partial charge in [0.05, 0.1) is 12.8 Å². The van der Waals surface area contributed by atoms with Crippen molar-refractivity contribution in [2.24, 2.45) is 0 Å². The zero-order chi connectivity index (χ0) is 19.3. The Morgan fingerprint density at radius 2 is 1.68 bits per heavy atom. The van der Waals surface area contributed by atoms with Crippen molar-refractivity contribution in [3.8, 4) is 17.1 Å². The van der Waals surface area contributed by atoms with E-state index in [9.17, 15) is 4.79 Å². The molecule has 28 heavy (non-hydrogen) atoms. The number of benzene rings is 1. The monoisotopic (exact) mass is 376 g/mol. The number of piperazine rings is 1. The summed E-state index contributed by atoms with van der Waals surface area (Å²) in [5.74, 6) is 1.13. The summed E-state index contributed by atoms with van der Waals surface area (Å²) < 4.78 is 5.07. The first kappa shape index (κ1) is 17.8. The van der Waals surface area contributed by atoms with Gasteiger partial charge < -0.3 is 14.5 Å². The summed E-state index contributed by atoms with van der Waals surface area (Å²) in [5, 5.41) is 0. The van der Waals surface area contributed by atoms with Gasteiger partial charge in [-0.2, -0.15) is 0 Å². The summed E-state index contributed by atoms with van der Waals surface area (Å²) in [5.41, 5.74) is 2.28. The molecule has 0 radical (unpaired) electrons. The van der Waals surface area contributed by atoms with Gasteiger partial charge in [-0.3, -0.25) is 4.79 Å². The number of hydrogen-bond acceptors (Lipinski definition) is 7. The summed E-state index contributed by atoms with van der Waals surface area (Å²) in [6, 6.07) is 13.6. The number of amides is 1. The maximum absolute atomic E-state index is 12.7. The molecule has 8 heteroatoms. The number of aromatic nitrogens is 4. The molecule has 1 aromatic carbocycles. The third-order valence-corrected chi connectivity index (χ3v) is 4.68. The number of rotatable bonds is 4. The molecule has 1 aliphatic heterocycles. The molecule has 1 aliphatic rings. The lowest BCUT2D eigenvalue weighted by Gasteiger charge is -2.35. The highest BCUT2D eigenvalue weighted by atomic mass is 16.5. The highest BCUT2D eigenvalue weighted by molar-refractivity contribution is 5.92. The van der Waals surface area contributed by atoms with Crippen molar-refractivity contribution in [2.45, 2.75) is 0 Å². The average Bonchev–Trinajstić information content (AvgIpc) is 2.79. The average molecular weight is 376 g/mol. The molecule has 1 amide bonds. The maximum Gasteiger partial charge on any atom is 0.272 e. The molecule has 0 bridgehead atoms. The van der Waals surface area contributed by atoms with Crippen molar-refractivity contribution >= 4 is 11.7 Å². The number of carbonyl (C=O) groups is 1. The molecule has 2 aromatic heterocycles. The standard InChI is InChI=1S/C20H20N6O2/c1-28-19-12-17(22-14-24-19)20(27)26-9-7-25(8-10-26)18-11-16(21-13-23-18)15-5-3-2-4-6-15/h2-6,11-14H,7-10H2,1H3. The lowest BCUT2D eigenvalue weighted by Crippen LogP contribution is -2.49. The Bertz CT molecular complexity index is 958. The van der Waals surface area contributed by atoms with Crippen LogP contribution in [0, 0.1) is 0 Å². The van der Waals surface area contributed by atoms with Gasteiger partial charge in [0.25, 0.3) is 5.91 Å². The van der Waals surface area contributed by atoms with Crippen LogP contribution < -0.4 is 9.64 Å². The first-order valence-corrected chi connectivity index (χ1v) is 9.02. The van der Waals surface area contributed by atoms with Crippen molar-refractivity contribution in [2.75, 3.05) is 38.2 Å². The van der Waals surface area contributed by atoms with E-state index in [0.29, 0.717) is 37.8 Å². The smallest absolute Gasteiger partial charge is 0.272 e. The Kier molecular flexibility index (Phi) is 5.09. The van der Waals surface area contributed by atoms with Crippen molar-refractivity contribution in [3.05, 3.63) is 60.8 Å². The molecule has 0 N–H and O–H groups in total. The van der Waals surface area contributed by atoms with Gasteiger partial charge in [-0.05, 0) is 0 Å². The molecule has 3 heterocycles. The number of nitrogens with zero attached hydrogens (tertiary/aromatic N) is 6. The second-order valence-corrected chi connectivity index (χ2v) is 6.35. The van der Waals surface area contributed by atoms with Crippen LogP contribution in [0.5, 0.6) is 5.88 Å². The molecule has 8 nitrogen and oxygen atoms in total. The Morgan fingerprint density at radius 3 is 2.43 bits per heavy atom.